The second kappa shape index (κ2) is 7.66. The minimum absolute atomic E-state index is 0.0536. The van der Waals surface area contributed by atoms with E-state index in [9.17, 15) is 18.3 Å². The third-order valence-electron chi connectivity index (χ3n) is 5.07. The van der Waals surface area contributed by atoms with Crippen molar-refractivity contribution in [3.63, 3.8) is 0 Å². The van der Waals surface area contributed by atoms with Crippen LogP contribution >= 0.6 is 0 Å². The van der Waals surface area contributed by atoms with Crippen LogP contribution in [0.15, 0.2) is 47.4 Å². The lowest BCUT2D eigenvalue weighted by Crippen LogP contribution is -2.45. The Bertz CT molecular complexity index is 1020. The number of amides is 1. The number of sulfonamides is 1. The molecule has 2 N–H and O–H groups in total. The fraction of sp³-hybridized carbons (Fsp3) is 0.350. The van der Waals surface area contributed by atoms with Gasteiger partial charge in [0.25, 0.3) is 0 Å². The number of aryl methyl sites for hydroxylation is 1. The fourth-order valence-corrected chi connectivity index (χ4v) is 5.13. The van der Waals surface area contributed by atoms with Crippen LogP contribution in [-0.2, 0) is 21.4 Å². The van der Waals surface area contributed by atoms with Gasteiger partial charge in [0.2, 0.25) is 22.7 Å². The van der Waals surface area contributed by atoms with E-state index < -0.39 is 28.1 Å². The topological polar surface area (TPSA) is 105 Å². The largest absolute Gasteiger partial charge is 0.454 e. The Morgan fingerprint density at radius 1 is 1.17 bits per heavy atom. The molecular formula is C20H22N2O6S. The van der Waals surface area contributed by atoms with Crippen LogP contribution in [0.2, 0.25) is 0 Å². The Hall–Kier alpha value is -2.62. The summed E-state index contributed by atoms with van der Waals surface area (Å²) >= 11 is 0. The summed E-state index contributed by atoms with van der Waals surface area (Å²) in [6.45, 7) is 2.12. The van der Waals surface area contributed by atoms with E-state index >= 15 is 0 Å². The molecule has 1 amide bonds. The SMILES string of the molecule is Cc1ccc(S(=O)(=O)N2C[C@H](O)C[C@H]2C(=O)NCc2ccc3c(c2)OCO3)cc1. The molecule has 2 aromatic rings. The van der Waals surface area contributed by atoms with Crippen LogP contribution in [0.3, 0.4) is 0 Å². The third-order valence-corrected chi connectivity index (χ3v) is 6.96. The second-order valence-corrected chi connectivity index (χ2v) is 9.09. The van der Waals surface area contributed by atoms with E-state index in [0.29, 0.717) is 11.5 Å². The maximum absolute atomic E-state index is 13.0. The molecule has 0 radical (unpaired) electrons. The molecule has 9 heteroatoms. The molecule has 2 aliphatic heterocycles. The number of nitrogens with zero attached hydrogens (tertiary/aromatic N) is 1. The van der Waals surface area contributed by atoms with E-state index in [4.69, 9.17) is 9.47 Å². The van der Waals surface area contributed by atoms with E-state index in [-0.39, 0.29) is 31.2 Å². The van der Waals surface area contributed by atoms with Gasteiger partial charge in [0.1, 0.15) is 6.04 Å². The van der Waals surface area contributed by atoms with Crippen molar-refractivity contribution >= 4 is 15.9 Å². The molecule has 0 bridgehead atoms. The predicted octanol–water partition coefficient (Wildman–Crippen LogP) is 1.16. The summed E-state index contributed by atoms with van der Waals surface area (Å²) in [5.74, 6) is 0.806. The van der Waals surface area contributed by atoms with Crippen molar-refractivity contribution in [2.45, 2.75) is 36.9 Å². The zero-order chi connectivity index (χ0) is 20.6. The molecule has 154 valence electrons. The van der Waals surface area contributed by atoms with Gasteiger partial charge in [0.05, 0.1) is 11.0 Å². The molecule has 8 nitrogen and oxygen atoms in total. The molecule has 4 rings (SSSR count). The first-order valence-corrected chi connectivity index (χ1v) is 10.7. The van der Waals surface area contributed by atoms with Gasteiger partial charge in [-0.25, -0.2) is 8.42 Å². The summed E-state index contributed by atoms with van der Waals surface area (Å²) in [7, 11) is -3.90. The highest BCUT2D eigenvalue weighted by atomic mass is 32.2. The van der Waals surface area contributed by atoms with Crippen molar-refractivity contribution in [1.82, 2.24) is 9.62 Å². The Morgan fingerprint density at radius 3 is 2.66 bits per heavy atom. The number of nitrogens with one attached hydrogen (secondary N) is 1. The molecule has 1 saturated heterocycles. The maximum atomic E-state index is 13.0. The Morgan fingerprint density at radius 2 is 1.90 bits per heavy atom. The van der Waals surface area contributed by atoms with Gasteiger partial charge in [-0.3, -0.25) is 4.79 Å². The quantitative estimate of drug-likeness (QED) is 0.755. The van der Waals surface area contributed by atoms with Gasteiger partial charge in [0, 0.05) is 19.5 Å². The van der Waals surface area contributed by atoms with Crippen molar-refractivity contribution in [3.05, 3.63) is 53.6 Å². The summed E-state index contributed by atoms with van der Waals surface area (Å²) in [4.78, 5) is 12.9. The van der Waals surface area contributed by atoms with E-state index in [1.165, 1.54) is 12.1 Å². The van der Waals surface area contributed by atoms with Crippen molar-refractivity contribution in [2.24, 2.45) is 0 Å². The normalized spacial score (nSPS) is 21.3. The van der Waals surface area contributed by atoms with Crippen molar-refractivity contribution in [2.75, 3.05) is 13.3 Å². The Balaban J connectivity index is 1.48. The van der Waals surface area contributed by atoms with Crippen LogP contribution in [0.25, 0.3) is 0 Å². The molecule has 2 aromatic carbocycles. The zero-order valence-electron chi connectivity index (χ0n) is 15.9. The number of carbonyl (C=O) groups excluding carboxylic acids is 1. The summed E-state index contributed by atoms with van der Waals surface area (Å²) < 4.78 is 37.7. The molecule has 2 atom stereocenters. The number of benzene rings is 2. The van der Waals surface area contributed by atoms with Crippen LogP contribution in [0.4, 0.5) is 0 Å². The lowest BCUT2D eigenvalue weighted by atomic mass is 10.1. The van der Waals surface area contributed by atoms with Gasteiger partial charge in [-0.15, -0.1) is 0 Å². The fourth-order valence-electron chi connectivity index (χ4n) is 3.49. The molecule has 2 aliphatic rings. The number of aliphatic hydroxyl groups excluding tert-OH is 1. The number of rotatable bonds is 5. The number of carbonyl (C=O) groups is 1. The van der Waals surface area contributed by atoms with Crippen molar-refractivity contribution in [3.8, 4) is 11.5 Å². The number of ether oxygens (including phenoxy) is 2. The summed E-state index contributed by atoms with van der Waals surface area (Å²) in [6, 6.07) is 10.8. The van der Waals surface area contributed by atoms with Crippen molar-refractivity contribution in [1.29, 1.82) is 0 Å². The lowest BCUT2D eigenvalue weighted by Gasteiger charge is -2.23. The average Bonchev–Trinajstić information content (AvgIpc) is 3.32. The average molecular weight is 418 g/mol. The molecular weight excluding hydrogens is 396 g/mol. The molecule has 1 fully saturated rings. The summed E-state index contributed by atoms with van der Waals surface area (Å²) in [6.07, 6.45) is -0.838. The van der Waals surface area contributed by atoms with E-state index in [1.807, 2.05) is 6.92 Å². The molecule has 2 heterocycles. The molecule has 0 unspecified atom stereocenters. The third kappa shape index (κ3) is 3.93. The highest BCUT2D eigenvalue weighted by molar-refractivity contribution is 7.89. The number of hydrogen-bond acceptors (Lipinski definition) is 6. The van der Waals surface area contributed by atoms with Crippen molar-refractivity contribution < 1.29 is 27.8 Å². The number of aliphatic hydroxyl groups is 1. The first kappa shape index (κ1) is 19.7. The Kier molecular flexibility index (Phi) is 5.20. The number of fused-ring (bicyclic) bond motifs is 1. The molecule has 29 heavy (non-hydrogen) atoms. The predicted molar refractivity (Wildman–Crippen MR) is 104 cm³/mol. The zero-order valence-corrected chi connectivity index (χ0v) is 16.7. The maximum Gasteiger partial charge on any atom is 0.243 e. The molecule has 0 aromatic heterocycles. The number of β-amino-alcohol motifs (C(OH)–C–C–N with tert-alkyl or cyclic N) is 1. The summed E-state index contributed by atoms with van der Waals surface area (Å²) in [5.41, 5.74) is 1.73. The van der Waals surface area contributed by atoms with Crippen LogP contribution in [0, 0.1) is 6.92 Å². The lowest BCUT2D eigenvalue weighted by molar-refractivity contribution is -0.124. The van der Waals surface area contributed by atoms with Crippen LogP contribution < -0.4 is 14.8 Å². The minimum Gasteiger partial charge on any atom is -0.454 e. The van der Waals surface area contributed by atoms with Gasteiger partial charge >= 0.3 is 0 Å². The summed E-state index contributed by atoms with van der Waals surface area (Å²) in [5, 5.41) is 12.8. The first-order valence-electron chi connectivity index (χ1n) is 9.27. The monoisotopic (exact) mass is 418 g/mol. The first-order chi connectivity index (χ1) is 13.8. The van der Waals surface area contributed by atoms with Gasteiger partial charge in [-0.1, -0.05) is 23.8 Å². The van der Waals surface area contributed by atoms with Gasteiger partial charge in [-0.2, -0.15) is 4.31 Å². The van der Waals surface area contributed by atoms with Gasteiger partial charge < -0.3 is 19.9 Å². The van der Waals surface area contributed by atoms with E-state index in [0.717, 1.165) is 15.4 Å². The molecule has 0 saturated carbocycles. The van der Waals surface area contributed by atoms with Gasteiger partial charge in [0.15, 0.2) is 11.5 Å². The standard InChI is InChI=1S/C20H22N2O6S/c1-13-2-5-16(6-3-13)29(25,26)22-11-15(23)9-17(22)20(24)21-10-14-4-7-18-19(8-14)28-12-27-18/h2-8,15,17,23H,9-12H2,1H3,(H,21,24)/t15-,17+/m1/s1. The van der Waals surface area contributed by atoms with E-state index in [2.05, 4.69) is 5.32 Å². The van der Waals surface area contributed by atoms with Crippen LogP contribution in [0.1, 0.15) is 17.5 Å². The van der Waals surface area contributed by atoms with Crippen LogP contribution in [-0.4, -0.2) is 49.2 Å². The Labute approximate surface area is 169 Å². The highest BCUT2D eigenvalue weighted by Crippen LogP contribution is 2.32. The van der Waals surface area contributed by atoms with E-state index in [1.54, 1.807) is 30.3 Å². The van der Waals surface area contributed by atoms with Gasteiger partial charge in [-0.05, 0) is 36.8 Å². The second-order valence-electron chi connectivity index (χ2n) is 7.20. The molecule has 0 aliphatic carbocycles. The number of hydrogen-bond donors (Lipinski definition) is 2. The highest BCUT2D eigenvalue weighted by Gasteiger charge is 2.43. The van der Waals surface area contributed by atoms with Crippen LogP contribution in [0.5, 0.6) is 11.5 Å². The minimum atomic E-state index is -3.90. The smallest absolute Gasteiger partial charge is 0.243 e. The molecule has 0 spiro atoms.